The fourth-order valence-electron chi connectivity index (χ4n) is 7.29. The summed E-state index contributed by atoms with van der Waals surface area (Å²) >= 11 is 0. The van der Waals surface area contributed by atoms with E-state index in [0.717, 1.165) is 23.8 Å². The molecule has 27 heavy (non-hydrogen) atoms. The van der Waals surface area contributed by atoms with E-state index in [9.17, 15) is 0 Å². The van der Waals surface area contributed by atoms with Gasteiger partial charge in [-0.15, -0.1) is 0 Å². The molecule has 0 amide bonds. The molecule has 2 saturated carbocycles. The largest absolute Gasteiger partial charge is 0.294 e. The van der Waals surface area contributed by atoms with Crippen LogP contribution >= 0.6 is 0 Å². The second-order valence-corrected chi connectivity index (χ2v) is 10.5. The molecule has 0 N–H and O–H groups in total. The van der Waals surface area contributed by atoms with Crippen molar-refractivity contribution in [3.8, 4) is 0 Å². The average Bonchev–Trinajstić information content (AvgIpc) is 2.73. The number of rotatable bonds is 11. The van der Waals surface area contributed by atoms with E-state index in [1.165, 1.54) is 83.7 Å². The van der Waals surface area contributed by atoms with Crippen molar-refractivity contribution in [3.63, 3.8) is 0 Å². The van der Waals surface area contributed by atoms with Crippen LogP contribution in [-0.2, 0) is 0 Å². The third-order valence-electron chi connectivity index (χ3n) is 9.18. The van der Waals surface area contributed by atoms with Gasteiger partial charge in [-0.25, -0.2) is 0 Å². The van der Waals surface area contributed by atoms with Gasteiger partial charge in [0.1, 0.15) is 0 Å². The van der Waals surface area contributed by atoms with Crippen LogP contribution in [0.3, 0.4) is 0 Å². The minimum Gasteiger partial charge on any atom is -0.294 e. The SMILES string of the molecule is CCCCN(CCCC)[C@]12C(C)CC(CCC(C)CC)CCC13CC2N3C. The number of likely N-dealkylation sites (N-methyl/N-ethyl adjacent to an activating group) is 1. The van der Waals surface area contributed by atoms with Crippen LogP contribution in [0.4, 0.5) is 0 Å². The molecular weight excluding hydrogens is 328 g/mol. The maximum atomic E-state index is 3.02. The zero-order chi connectivity index (χ0) is 19.7. The van der Waals surface area contributed by atoms with E-state index >= 15 is 0 Å². The average molecular weight is 377 g/mol. The van der Waals surface area contributed by atoms with Crippen molar-refractivity contribution in [1.82, 2.24) is 9.80 Å². The lowest BCUT2D eigenvalue weighted by atomic mass is 9.41. The van der Waals surface area contributed by atoms with Gasteiger partial charge in [0.05, 0.1) is 5.54 Å². The molecule has 2 heterocycles. The van der Waals surface area contributed by atoms with Gasteiger partial charge in [-0.05, 0) is 76.4 Å². The third kappa shape index (κ3) is 3.31. The lowest BCUT2D eigenvalue weighted by molar-refractivity contribution is -0.333. The van der Waals surface area contributed by atoms with Crippen molar-refractivity contribution in [1.29, 1.82) is 0 Å². The molecule has 2 saturated heterocycles. The summed E-state index contributed by atoms with van der Waals surface area (Å²) < 4.78 is 0. The normalized spacial score (nSPS) is 39.4. The van der Waals surface area contributed by atoms with Gasteiger partial charge in [0.25, 0.3) is 0 Å². The maximum Gasteiger partial charge on any atom is 0.0576 e. The Bertz CT molecular complexity index is 469. The molecule has 2 bridgehead atoms. The fourth-order valence-corrected chi connectivity index (χ4v) is 7.29. The predicted octanol–water partition coefficient (Wildman–Crippen LogP) is 6.35. The molecule has 0 aromatic carbocycles. The van der Waals surface area contributed by atoms with E-state index in [1.807, 2.05) is 0 Å². The molecule has 4 fully saturated rings. The van der Waals surface area contributed by atoms with Crippen LogP contribution in [0.15, 0.2) is 0 Å². The lowest BCUT2D eigenvalue weighted by Gasteiger charge is -2.86. The quantitative estimate of drug-likeness (QED) is 0.415. The topological polar surface area (TPSA) is 6.48 Å². The molecule has 4 aliphatic rings. The van der Waals surface area contributed by atoms with E-state index in [4.69, 9.17) is 0 Å². The summed E-state index contributed by atoms with van der Waals surface area (Å²) in [6.45, 7) is 14.8. The van der Waals surface area contributed by atoms with Crippen molar-refractivity contribution in [2.75, 3.05) is 20.1 Å². The lowest BCUT2D eigenvalue weighted by Crippen LogP contribution is -2.99. The van der Waals surface area contributed by atoms with Crippen molar-refractivity contribution in [3.05, 3.63) is 0 Å². The third-order valence-corrected chi connectivity index (χ3v) is 9.18. The van der Waals surface area contributed by atoms with Gasteiger partial charge < -0.3 is 0 Å². The fraction of sp³-hybridized carbons (Fsp3) is 1.00. The Labute approximate surface area is 170 Å². The first-order valence-corrected chi connectivity index (χ1v) is 12.5. The van der Waals surface area contributed by atoms with Gasteiger partial charge in [0.15, 0.2) is 0 Å². The Hall–Kier alpha value is -0.0800. The number of unbranched alkanes of at least 4 members (excludes halogenated alkanes) is 2. The van der Waals surface area contributed by atoms with Crippen LogP contribution in [-0.4, -0.2) is 47.1 Å². The Morgan fingerprint density at radius 1 is 1.11 bits per heavy atom. The second kappa shape index (κ2) is 8.74. The van der Waals surface area contributed by atoms with Crippen LogP contribution in [0, 0.1) is 17.8 Å². The van der Waals surface area contributed by atoms with E-state index in [1.54, 1.807) is 0 Å². The minimum absolute atomic E-state index is 0.511. The van der Waals surface area contributed by atoms with Gasteiger partial charge in [-0.1, -0.05) is 66.7 Å². The maximum absolute atomic E-state index is 3.02. The molecule has 4 rings (SSSR count). The Balaban J connectivity index is 1.78. The molecule has 6 atom stereocenters. The molecule has 2 nitrogen and oxygen atoms in total. The molecule has 1 spiro atoms. The molecule has 0 radical (unpaired) electrons. The van der Waals surface area contributed by atoms with Gasteiger partial charge in [0.2, 0.25) is 0 Å². The predicted molar refractivity (Wildman–Crippen MR) is 118 cm³/mol. The molecular formula is C25H48N2. The molecule has 0 aromatic rings. The number of hydrogen-bond acceptors (Lipinski definition) is 2. The summed E-state index contributed by atoms with van der Waals surface area (Å²) in [5.74, 6) is 2.75. The summed E-state index contributed by atoms with van der Waals surface area (Å²) in [5, 5.41) is 0. The highest BCUT2D eigenvalue weighted by atomic mass is 15.5. The van der Waals surface area contributed by atoms with E-state index in [-0.39, 0.29) is 0 Å². The standard InChI is InChI=1S/C25H48N2/c1-7-10-16-27(17-11-8-2)25-21(5)18-22(13-12-20(4)9-3)14-15-24(25)19-23(25)26(24)6/h20-23H,7-19H2,1-6H3/t20?,21?,22?,23?,24?,25-/m0/s1. The molecule has 2 aliphatic carbocycles. The monoisotopic (exact) mass is 376 g/mol. The number of hydrogen-bond donors (Lipinski definition) is 0. The highest BCUT2D eigenvalue weighted by Crippen LogP contribution is 2.70. The van der Waals surface area contributed by atoms with Crippen molar-refractivity contribution in [2.45, 2.75) is 122 Å². The Morgan fingerprint density at radius 2 is 1.78 bits per heavy atom. The van der Waals surface area contributed by atoms with Gasteiger partial charge >= 0.3 is 0 Å². The second-order valence-electron chi connectivity index (χ2n) is 10.5. The van der Waals surface area contributed by atoms with Crippen LogP contribution < -0.4 is 0 Å². The summed E-state index contributed by atoms with van der Waals surface area (Å²) in [4.78, 5) is 5.82. The molecule has 0 aromatic heterocycles. The molecule has 5 unspecified atom stereocenters. The first-order chi connectivity index (χ1) is 13.0. The smallest absolute Gasteiger partial charge is 0.0576 e. The van der Waals surface area contributed by atoms with Gasteiger partial charge in [-0.3, -0.25) is 9.80 Å². The highest BCUT2D eigenvalue weighted by Gasteiger charge is 2.82. The zero-order valence-electron chi connectivity index (χ0n) is 19.4. The molecule has 2 heteroatoms. The van der Waals surface area contributed by atoms with E-state index in [2.05, 4.69) is 51.5 Å². The van der Waals surface area contributed by atoms with Crippen LogP contribution in [0.2, 0.25) is 0 Å². The van der Waals surface area contributed by atoms with Crippen molar-refractivity contribution in [2.24, 2.45) is 17.8 Å². The minimum atomic E-state index is 0.511. The molecule has 158 valence electrons. The van der Waals surface area contributed by atoms with Crippen LogP contribution in [0.1, 0.15) is 105 Å². The first-order valence-electron chi connectivity index (χ1n) is 12.5. The number of nitrogens with zero attached hydrogens (tertiary/aromatic N) is 2. The van der Waals surface area contributed by atoms with E-state index in [0.29, 0.717) is 11.1 Å². The van der Waals surface area contributed by atoms with Crippen molar-refractivity contribution >= 4 is 0 Å². The zero-order valence-corrected chi connectivity index (χ0v) is 19.4. The van der Waals surface area contributed by atoms with Gasteiger partial charge in [0, 0.05) is 11.6 Å². The Kier molecular flexibility index (Phi) is 7.00. The summed E-state index contributed by atoms with van der Waals surface area (Å²) in [7, 11) is 2.44. The highest BCUT2D eigenvalue weighted by molar-refractivity contribution is 5.39. The summed E-state index contributed by atoms with van der Waals surface area (Å²) in [6.07, 6.45) is 15.6. The van der Waals surface area contributed by atoms with E-state index < -0.39 is 0 Å². The Morgan fingerprint density at radius 3 is 2.30 bits per heavy atom. The van der Waals surface area contributed by atoms with Crippen LogP contribution in [0.5, 0.6) is 0 Å². The van der Waals surface area contributed by atoms with Crippen LogP contribution in [0.25, 0.3) is 0 Å². The molecule has 2 aliphatic heterocycles. The van der Waals surface area contributed by atoms with Gasteiger partial charge in [-0.2, -0.15) is 0 Å². The summed E-state index contributed by atoms with van der Waals surface area (Å²) in [6, 6.07) is 0.842. The first kappa shape index (κ1) is 21.6. The van der Waals surface area contributed by atoms with Crippen molar-refractivity contribution < 1.29 is 0 Å². The summed E-state index contributed by atoms with van der Waals surface area (Å²) in [5.41, 5.74) is 1.03.